The number of ether oxygens (including phenoxy) is 3. The van der Waals surface area contributed by atoms with Crippen LogP contribution in [0.15, 0.2) is 0 Å². The van der Waals surface area contributed by atoms with Gasteiger partial charge in [-0.2, -0.15) is 0 Å². The maximum atomic E-state index is 10.8. The number of phosphoric ester groups is 1. The van der Waals surface area contributed by atoms with E-state index in [9.17, 15) is 35.2 Å². The zero-order valence-corrected chi connectivity index (χ0v) is 18.7. The molecule has 9 N–H and O–H groups in total. The molecule has 14 nitrogen and oxygen atoms in total. The summed E-state index contributed by atoms with van der Waals surface area (Å²) in [5, 5.41) is 68.1. The summed E-state index contributed by atoms with van der Waals surface area (Å²) in [6, 6.07) is 0. The van der Waals surface area contributed by atoms with Crippen LogP contribution in [-0.2, 0) is 23.3 Å². The van der Waals surface area contributed by atoms with Crippen LogP contribution in [-0.4, -0.2) is 172 Å². The van der Waals surface area contributed by atoms with Crippen LogP contribution in [0.5, 0.6) is 0 Å². The standard InChI is InChI=1S/C12H23O14P.K/c13-1-3-5(14)7(16)9(18)11(24-3)26-12-10(19)8(17)6(15)4(25-12)2-23-27(20,21)22;/h3-19H,1-2H2,(H2,20,21,22);/t3-,4-,5-,6-,7+,8+,9-,10-,11-,12-;/m1./s1. The van der Waals surface area contributed by atoms with Crippen molar-refractivity contribution in [3.8, 4) is 0 Å². The third-order valence-electron chi connectivity index (χ3n) is 4.19. The molecule has 10 atom stereocenters. The molecule has 0 spiro atoms. The van der Waals surface area contributed by atoms with Gasteiger partial charge in [-0.1, -0.05) is 0 Å². The zero-order chi connectivity index (χ0) is 20.5. The fraction of sp³-hybridized carbons (Fsp3) is 1.00. The van der Waals surface area contributed by atoms with Crippen molar-refractivity contribution >= 4 is 59.2 Å². The van der Waals surface area contributed by atoms with Crippen LogP contribution in [0.4, 0.5) is 0 Å². The normalized spacial score (nSPS) is 44.8. The molecule has 161 valence electrons. The van der Waals surface area contributed by atoms with Crippen LogP contribution in [0, 0.1) is 0 Å². The van der Waals surface area contributed by atoms with E-state index in [1.54, 1.807) is 0 Å². The topological polar surface area (TPSA) is 236 Å². The quantitative estimate of drug-likeness (QED) is 0.132. The second-order valence-corrected chi connectivity index (χ2v) is 7.37. The average molecular weight is 461 g/mol. The van der Waals surface area contributed by atoms with E-state index in [0.29, 0.717) is 0 Å². The summed E-state index contributed by atoms with van der Waals surface area (Å²) in [7, 11) is -4.92. The predicted octanol–water partition coefficient (Wildman–Crippen LogP) is -5.66. The minimum absolute atomic E-state index is 0. The molecule has 2 heterocycles. The first kappa shape index (κ1) is 27.4. The number of rotatable bonds is 6. The third-order valence-corrected chi connectivity index (χ3v) is 4.68. The van der Waals surface area contributed by atoms with E-state index in [0.717, 1.165) is 0 Å². The number of aliphatic hydroxyl groups is 7. The van der Waals surface area contributed by atoms with E-state index >= 15 is 0 Å². The average Bonchev–Trinajstić information content (AvgIpc) is 2.60. The summed E-state index contributed by atoms with van der Waals surface area (Å²) >= 11 is 0. The third kappa shape index (κ3) is 6.67. The van der Waals surface area contributed by atoms with Crippen molar-refractivity contribution in [2.45, 2.75) is 61.4 Å². The molecular formula is C12H23KO14P. The molecule has 2 fully saturated rings. The van der Waals surface area contributed by atoms with E-state index in [1.165, 1.54) is 0 Å². The Hall–Kier alpha value is 1.35. The minimum Gasteiger partial charge on any atom is -0.394 e. The van der Waals surface area contributed by atoms with Crippen molar-refractivity contribution in [1.82, 2.24) is 0 Å². The molecule has 2 aliphatic heterocycles. The van der Waals surface area contributed by atoms with Gasteiger partial charge in [-0.3, -0.25) is 4.52 Å². The first-order chi connectivity index (χ1) is 12.5. The van der Waals surface area contributed by atoms with Gasteiger partial charge in [-0.05, 0) is 0 Å². The minimum atomic E-state index is -4.92. The van der Waals surface area contributed by atoms with Crippen molar-refractivity contribution in [1.29, 1.82) is 0 Å². The first-order valence-corrected chi connectivity index (χ1v) is 9.35. The second kappa shape index (κ2) is 11.3. The van der Waals surface area contributed by atoms with Gasteiger partial charge in [0.15, 0.2) is 12.6 Å². The van der Waals surface area contributed by atoms with Gasteiger partial charge in [0, 0.05) is 51.4 Å². The summed E-state index contributed by atoms with van der Waals surface area (Å²) in [6.07, 6.45) is -17.1. The Bertz CT molecular complexity index is 532. The summed E-state index contributed by atoms with van der Waals surface area (Å²) in [5.74, 6) is 0. The molecule has 2 aliphatic rings. The first-order valence-electron chi connectivity index (χ1n) is 7.82. The number of hydrogen-bond donors (Lipinski definition) is 9. The SMILES string of the molecule is O=P(O)(O)OC[C@H]1O[C@H](O[C@H]2O[C@H](CO)[C@@H](O)[C@H](O)[C@H]2O)[C@H](O)[C@@H](O)[C@@H]1O.[K]. The summed E-state index contributed by atoms with van der Waals surface area (Å²) in [5.41, 5.74) is 0. The Morgan fingerprint density at radius 3 is 1.61 bits per heavy atom. The van der Waals surface area contributed by atoms with Crippen LogP contribution in [0.3, 0.4) is 0 Å². The van der Waals surface area contributed by atoms with Gasteiger partial charge in [0.05, 0.1) is 13.2 Å². The molecule has 0 saturated carbocycles. The Kier molecular flexibility index (Phi) is 11.0. The number of hydrogen-bond acceptors (Lipinski definition) is 12. The maximum Gasteiger partial charge on any atom is 0.469 e. The fourth-order valence-corrected chi connectivity index (χ4v) is 2.99. The molecule has 0 bridgehead atoms. The molecule has 0 unspecified atom stereocenters. The van der Waals surface area contributed by atoms with Crippen LogP contribution >= 0.6 is 7.82 Å². The smallest absolute Gasteiger partial charge is 0.394 e. The van der Waals surface area contributed by atoms with Gasteiger partial charge >= 0.3 is 7.82 Å². The molecule has 0 aromatic rings. The largest absolute Gasteiger partial charge is 0.469 e. The molecule has 28 heavy (non-hydrogen) atoms. The van der Waals surface area contributed by atoms with Gasteiger partial charge in [0.1, 0.15) is 48.8 Å². The van der Waals surface area contributed by atoms with E-state index in [-0.39, 0.29) is 51.4 Å². The van der Waals surface area contributed by atoms with Crippen molar-refractivity contribution in [2.75, 3.05) is 13.2 Å². The molecule has 0 aromatic carbocycles. The van der Waals surface area contributed by atoms with Gasteiger partial charge in [0.2, 0.25) is 0 Å². The molecule has 2 rings (SSSR count). The summed E-state index contributed by atoms with van der Waals surface area (Å²) in [4.78, 5) is 17.4. The predicted molar refractivity (Wildman–Crippen MR) is 85.3 cm³/mol. The van der Waals surface area contributed by atoms with Gasteiger partial charge < -0.3 is 59.7 Å². The summed E-state index contributed by atoms with van der Waals surface area (Å²) < 4.78 is 30.3. The Morgan fingerprint density at radius 2 is 1.18 bits per heavy atom. The van der Waals surface area contributed by atoms with Crippen LogP contribution in [0.25, 0.3) is 0 Å². The number of phosphoric acid groups is 1. The molecule has 1 radical (unpaired) electrons. The van der Waals surface area contributed by atoms with Crippen LogP contribution in [0.2, 0.25) is 0 Å². The van der Waals surface area contributed by atoms with Crippen molar-refractivity contribution < 1.29 is 68.8 Å². The molecule has 0 aromatic heterocycles. The van der Waals surface area contributed by atoms with Crippen molar-refractivity contribution in [3.63, 3.8) is 0 Å². The Morgan fingerprint density at radius 1 is 0.750 bits per heavy atom. The van der Waals surface area contributed by atoms with E-state index in [4.69, 9.17) is 29.1 Å². The monoisotopic (exact) mass is 461 g/mol. The second-order valence-electron chi connectivity index (χ2n) is 6.13. The van der Waals surface area contributed by atoms with E-state index in [1.807, 2.05) is 0 Å². The maximum absolute atomic E-state index is 10.8. The fourth-order valence-electron chi connectivity index (χ4n) is 2.65. The van der Waals surface area contributed by atoms with Crippen molar-refractivity contribution in [3.05, 3.63) is 0 Å². The molecule has 0 aliphatic carbocycles. The van der Waals surface area contributed by atoms with E-state index < -0.39 is 82.4 Å². The van der Waals surface area contributed by atoms with Crippen LogP contribution < -0.4 is 0 Å². The zero-order valence-electron chi connectivity index (χ0n) is 14.7. The van der Waals surface area contributed by atoms with Crippen molar-refractivity contribution in [2.24, 2.45) is 0 Å². The Labute approximate surface area is 201 Å². The summed E-state index contributed by atoms with van der Waals surface area (Å²) in [6.45, 7) is -1.61. The van der Waals surface area contributed by atoms with Gasteiger partial charge in [0.25, 0.3) is 0 Å². The molecule has 2 saturated heterocycles. The van der Waals surface area contributed by atoms with Gasteiger partial charge in [-0.25, -0.2) is 4.57 Å². The Balaban J connectivity index is 0.00000392. The van der Waals surface area contributed by atoms with Crippen LogP contribution in [0.1, 0.15) is 0 Å². The molecule has 16 heteroatoms. The molecule has 0 amide bonds. The van der Waals surface area contributed by atoms with E-state index in [2.05, 4.69) is 4.52 Å². The van der Waals surface area contributed by atoms with Gasteiger partial charge in [-0.15, -0.1) is 0 Å². The number of aliphatic hydroxyl groups excluding tert-OH is 7. The molecular weight excluding hydrogens is 438 g/mol.